The first-order chi connectivity index (χ1) is 13.2. The molecule has 0 radical (unpaired) electrons. The van der Waals surface area contributed by atoms with E-state index in [1.54, 1.807) is 0 Å². The average Bonchev–Trinajstić information content (AvgIpc) is 2.94. The summed E-state index contributed by atoms with van der Waals surface area (Å²) in [4.78, 5) is 35.2. The lowest BCUT2D eigenvalue weighted by atomic mass is 9.97. The van der Waals surface area contributed by atoms with Gasteiger partial charge in [0.25, 0.3) is 0 Å². The second kappa shape index (κ2) is 9.05. The highest BCUT2D eigenvalue weighted by atomic mass is 19.4. The molecule has 2 aliphatic rings. The molecule has 0 spiro atoms. The third kappa shape index (κ3) is 5.00. The second-order valence-corrected chi connectivity index (χ2v) is 6.38. The number of carboxylic acid groups (broad SMARTS) is 1. The average molecular weight is 402 g/mol. The van der Waals surface area contributed by atoms with Gasteiger partial charge in [-0.05, 0) is 37.6 Å². The Morgan fingerprint density at radius 2 is 1.82 bits per heavy atom. The second-order valence-electron chi connectivity index (χ2n) is 6.38. The van der Waals surface area contributed by atoms with Crippen molar-refractivity contribution in [3.8, 4) is 0 Å². The largest absolute Gasteiger partial charge is 0.490 e. The maximum absolute atomic E-state index is 12.8. The van der Waals surface area contributed by atoms with Crippen LogP contribution in [-0.4, -0.2) is 55.4 Å². The van der Waals surface area contributed by atoms with Gasteiger partial charge in [-0.3, -0.25) is 9.59 Å². The minimum absolute atomic E-state index is 0.0356. The molecule has 1 amide bonds. The number of carboxylic acids is 1. The summed E-state index contributed by atoms with van der Waals surface area (Å²) in [6, 6.07) is 8.01. The van der Waals surface area contributed by atoms with Crippen LogP contribution in [0.1, 0.15) is 30.7 Å². The molecule has 0 aliphatic carbocycles. The van der Waals surface area contributed by atoms with E-state index < -0.39 is 18.1 Å². The molecule has 2 heterocycles. The van der Waals surface area contributed by atoms with Gasteiger partial charge >= 0.3 is 18.1 Å². The minimum Gasteiger partial charge on any atom is -0.475 e. The van der Waals surface area contributed by atoms with Crippen LogP contribution in [0.4, 0.5) is 18.9 Å². The molecule has 1 aromatic carbocycles. The van der Waals surface area contributed by atoms with E-state index in [4.69, 9.17) is 14.6 Å². The number of amides is 1. The SMILES string of the molecule is COC(=O)CC1C(=O)N(C2CCNCC2)c2ccccc21.O=C(O)C(F)(F)F. The first-order valence-electron chi connectivity index (χ1n) is 8.66. The summed E-state index contributed by atoms with van der Waals surface area (Å²) in [5.74, 6) is -3.46. The van der Waals surface area contributed by atoms with Crippen molar-refractivity contribution in [2.75, 3.05) is 25.1 Å². The minimum atomic E-state index is -5.08. The summed E-state index contributed by atoms with van der Waals surface area (Å²) in [5.41, 5.74) is 1.91. The monoisotopic (exact) mass is 402 g/mol. The number of nitrogens with zero attached hydrogens (tertiary/aromatic N) is 1. The number of esters is 1. The Hall–Kier alpha value is -2.62. The number of hydrogen-bond acceptors (Lipinski definition) is 5. The number of methoxy groups -OCH3 is 1. The first kappa shape index (κ1) is 21.7. The van der Waals surface area contributed by atoms with Crippen molar-refractivity contribution in [2.24, 2.45) is 0 Å². The molecule has 10 heteroatoms. The lowest BCUT2D eigenvalue weighted by Gasteiger charge is -2.32. The van der Waals surface area contributed by atoms with Gasteiger partial charge in [0.1, 0.15) is 0 Å². The van der Waals surface area contributed by atoms with Crippen LogP contribution >= 0.6 is 0 Å². The zero-order valence-corrected chi connectivity index (χ0v) is 15.2. The highest BCUT2D eigenvalue weighted by Crippen LogP contribution is 2.41. The zero-order chi connectivity index (χ0) is 20.9. The predicted octanol–water partition coefficient (Wildman–Crippen LogP) is 2.07. The topological polar surface area (TPSA) is 95.9 Å². The Morgan fingerprint density at radius 1 is 1.25 bits per heavy atom. The number of halogens is 3. The molecule has 1 saturated heterocycles. The van der Waals surface area contributed by atoms with Crippen molar-refractivity contribution in [1.29, 1.82) is 0 Å². The van der Waals surface area contributed by atoms with E-state index in [1.165, 1.54) is 7.11 Å². The van der Waals surface area contributed by atoms with Crippen LogP contribution in [0, 0.1) is 0 Å². The molecular weight excluding hydrogens is 381 g/mol. The molecular formula is C18H21F3N2O5. The van der Waals surface area contributed by atoms with Gasteiger partial charge in [0.2, 0.25) is 5.91 Å². The normalized spacial score (nSPS) is 19.5. The molecule has 2 N–H and O–H groups in total. The Balaban J connectivity index is 0.000000345. The number of benzene rings is 1. The van der Waals surface area contributed by atoms with Crippen LogP contribution in [-0.2, 0) is 19.1 Å². The molecule has 154 valence electrons. The number of carbonyl (C=O) groups is 3. The van der Waals surface area contributed by atoms with E-state index in [9.17, 15) is 22.8 Å². The Bertz CT molecular complexity index is 732. The smallest absolute Gasteiger partial charge is 0.475 e. The van der Waals surface area contributed by atoms with Crippen LogP contribution in [0.5, 0.6) is 0 Å². The summed E-state index contributed by atoms with van der Waals surface area (Å²) >= 11 is 0. The third-order valence-electron chi connectivity index (χ3n) is 4.62. The quantitative estimate of drug-likeness (QED) is 0.752. The number of carbonyl (C=O) groups excluding carboxylic acids is 2. The van der Waals surface area contributed by atoms with E-state index >= 15 is 0 Å². The molecule has 7 nitrogen and oxygen atoms in total. The fourth-order valence-electron chi connectivity index (χ4n) is 3.31. The number of anilines is 1. The van der Waals surface area contributed by atoms with E-state index in [1.807, 2.05) is 29.2 Å². The van der Waals surface area contributed by atoms with Crippen LogP contribution in [0.25, 0.3) is 0 Å². The van der Waals surface area contributed by atoms with Gasteiger partial charge in [-0.15, -0.1) is 0 Å². The number of fused-ring (bicyclic) bond motifs is 1. The number of nitrogens with one attached hydrogen (secondary N) is 1. The van der Waals surface area contributed by atoms with Crippen molar-refractivity contribution < 1.29 is 37.4 Å². The summed E-state index contributed by atoms with van der Waals surface area (Å²) < 4.78 is 36.5. The van der Waals surface area contributed by atoms with Gasteiger partial charge in [-0.25, -0.2) is 4.79 Å². The number of hydrogen-bond donors (Lipinski definition) is 2. The Kier molecular flexibility index (Phi) is 7.00. The number of para-hydroxylation sites is 1. The number of aliphatic carboxylic acids is 1. The number of rotatable bonds is 3. The molecule has 1 unspecified atom stereocenters. The summed E-state index contributed by atoms with van der Waals surface area (Å²) in [6.45, 7) is 1.86. The molecule has 0 bridgehead atoms. The molecule has 0 aromatic heterocycles. The molecule has 28 heavy (non-hydrogen) atoms. The van der Waals surface area contributed by atoms with E-state index in [0.29, 0.717) is 0 Å². The lowest BCUT2D eigenvalue weighted by molar-refractivity contribution is -0.192. The first-order valence-corrected chi connectivity index (χ1v) is 8.66. The van der Waals surface area contributed by atoms with Crippen LogP contribution in [0.2, 0.25) is 0 Å². The fraction of sp³-hybridized carbons (Fsp3) is 0.500. The number of piperidine rings is 1. The van der Waals surface area contributed by atoms with E-state index in [-0.39, 0.29) is 24.3 Å². The van der Waals surface area contributed by atoms with Crippen molar-refractivity contribution in [2.45, 2.75) is 37.4 Å². The Morgan fingerprint density at radius 3 is 2.36 bits per heavy atom. The highest BCUT2D eigenvalue weighted by molar-refractivity contribution is 6.06. The van der Waals surface area contributed by atoms with Crippen molar-refractivity contribution in [3.63, 3.8) is 0 Å². The number of alkyl halides is 3. The maximum atomic E-state index is 12.8. The molecule has 2 aliphatic heterocycles. The summed E-state index contributed by atoms with van der Waals surface area (Å²) in [5, 5.41) is 10.4. The van der Waals surface area contributed by atoms with Gasteiger partial charge in [0.15, 0.2) is 0 Å². The standard InChI is InChI=1S/C16H20N2O3.C2HF3O2/c1-21-15(19)10-13-12-4-2-3-5-14(12)18(16(13)20)11-6-8-17-9-7-11;3-2(4,5)1(6)7/h2-5,11,13,17H,6-10H2,1H3;(H,6,7). The van der Waals surface area contributed by atoms with Crippen molar-refractivity contribution in [3.05, 3.63) is 29.8 Å². The molecule has 1 atom stereocenters. The van der Waals surface area contributed by atoms with E-state index in [2.05, 4.69) is 5.32 Å². The summed E-state index contributed by atoms with van der Waals surface area (Å²) in [7, 11) is 1.36. The summed E-state index contributed by atoms with van der Waals surface area (Å²) in [6.07, 6.45) is -3.07. The number of ether oxygens (including phenoxy) is 1. The molecule has 1 aromatic rings. The third-order valence-corrected chi connectivity index (χ3v) is 4.62. The maximum Gasteiger partial charge on any atom is 0.490 e. The molecule has 1 fully saturated rings. The zero-order valence-electron chi connectivity index (χ0n) is 15.2. The van der Waals surface area contributed by atoms with Crippen LogP contribution in [0.15, 0.2) is 24.3 Å². The van der Waals surface area contributed by atoms with Gasteiger partial charge < -0.3 is 20.1 Å². The highest BCUT2D eigenvalue weighted by Gasteiger charge is 2.41. The lowest BCUT2D eigenvalue weighted by Crippen LogP contribution is -2.45. The van der Waals surface area contributed by atoms with Gasteiger partial charge in [-0.1, -0.05) is 18.2 Å². The van der Waals surface area contributed by atoms with Gasteiger partial charge in [0, 0.05) is 11.7 Å². The predicted molar refractivity (Wildman–Crippen MR) is 92.9 cm³/mol. The molecule has 3 rings (SSSR count). The van der Waals surface area contributed by atoms with Crippen LogP contribution < -0.4 is 10.2 Å². The van der Waals surface area contributed by atoms with Crippen LogP contribution in [0.3, 0.4) is 0 Å². The van der Waals surface area contributed by atoms with Crippen molar-refractivity contribution in [1.82, 2.24) is 5.32 Å². The van der Waals surface area contributed by atoms with E-state index in [0.717, 1.165) is 37.2 Å². The molecule has 0 saturated carbocycles. The van der Waals surface area contributed by atoms with Crippen molar-refractivity contribution >= 4 is 23.5 Å². The van der Waals surface area contributed by atoms with Gasteiger partial charge in [0.05, 0.1) is 19.4 Å². The Labute approximate surface area is 159 Å². The van der Waals surface area contributed by atoms with Gasteiger partial charge in [-0.2, -0.15) is 13.2 Å². The fourth-order valence-corrected chi connectivity index (χ4v) is 3.31.